The summed E-state index contributed by atoms with van der Waals surface area (Å²) in [5.74, 6) is -0.468. The molecule has 0 saturated heterocycles. The molecule has 0 heterocycles. The van der Waals surface area contributed by atoms with Crippen LogP contribution in [0.1, 0.15) is 10.4 Å². The van der Waals surface area contributed by atoms with Crippen LogP contribution in [0, 0.1) is 0 Å². The van der Waals surface area contributed by atoms with E-state index in [-0.39, 0.29) is 4.90 Å². The smallest absolute Gasteiger partial charge is 0.337 e. The van der Waals surface area contributed by atoms with E-state index in [4.69, 9.17) is 0 Å². The Labute approximate surface area is 137 Å². The molecule has 0 spiro atoms. The first kappa shape index (κ1) is 16.5. The van der Waals surface area contributed by atoms with Gasteiger partial charge >= 0.3 is 5.97 Å². The van der Waals surface area contributed by atoms with Crippen LogP contribution in [0.3, 0.4) is 0 Å². The molecule has 2 aromatic rings. The predicted molar refractivity (Wildman–Crippen MR) is 87.5 cm³/mol. The molecule has 0 N–H and O–H groups in total. The SMILES string of the molecule is COC(=O)c1ccc(N(C)S(=O)(=O)c2ccc(Br)cc2)cc1. The Kier molecular flexibility index (Phi) is 4.87. The van der Waals surface area contributed by atoms with Gasteiger partial charge in [-0.1, -0.05) is 15.9 Å². The van der Waals surface area contributed by atoms with Crippen LogP contribution in [-0.4, -0.2) is 28.5 Å². The van der Waals surface area contributed by atoms with Gasteiger partial charge in [0.15, 0.2) is 0 Å². The summed E-state index contributed by atoms with van der Waals surface area (Å²) in [5.41, 5.74) is 0.816. The Bertz CT molecular complexity index is 770. The fourth-order valence-corrected chi connectivity index (χ4v) is 3.29. The molecule has 0 atom stereocenters. The van der Waals surface area contributed by atoms with Crippen LogP contribution in [0.25, 0.3) is 0 Å². The zero-order chi connectivity index (χ0) is 16.3. The summed E-state index contributed by atoms with van der Waals surface area (Å²) >= 11 is 3.27. The first-order valence-electron chi connectivity index (χ1n) is 6.29. The van der Waals surface area contributed by atoms with E-state index in [0.29, 0.717) is 11.3 Å². The number of hydrogen-bond donors (Lipinski definition) is 0. The topological polar surface area (TPSA) is 63.7 Å². The third-order valence-electron chi connectivity index (χ3n) is 3.12. The summed E-state index contributed by atoms with van der Waals surface area (Å²) in [4.78, 5) is 11.6. The first-order chi connectivity index (χ1) is 10.4. The molecule has 0 bridgehead atoms. The van der Waals surface area contributed by atoms with Gasteiger partial charge in [0.1, 0.15) is 0 Å². The zero-order valence-corrected chi connectivity index (χ0v) is 14.4. The van der Waals surface area contributed by atoms with Crippen LogP contribution in [-0.2, 0) is 14.8 Å². The van der Waals surface area contributed by atoms with E-state index < -0.39 is 16.0 Å². The number of halogens is 1. The normalized spacial score (nSPS) is 11.0. The van der Waals surface area contributed by atoms with Crippen molar-refractivity contribution in [1.82, 2.24) is 0 Å². The van der Waals surface area contributed by atoms with Crippen molar-refractivity contribution in [3.8, 4) is 0 Å². The fourth-order valence-electron chi connectivity index (χ4n) is 1.83. The molecule has 0 aliphatic carbocycles. The highest BCUT2D eigenvalue weighted by Gasteiger charge is 2.21. The van der Waals surface area contributed by atoms with Crippen molar-refractivity contribution in [3.63, 3.8) is 0 Å². The van der Waals surface area contributed by atoms with Crippen molar-refractivity contribution in [2.24, 2.45) is 0 Å². The minimum absolute atomic E-state index is 0.190. The van der Waals surface area contributed by atoms with Crippen molar-refractivity contribution < 1.29 is 17.9 Å². The number of ether oxygens (including phenoxy) is 1. The Morgan fingerprint density at radius 1 is 1.05 bits per heavy atom. The van der Waals surface area contributed by atoms with Gasteiger partial charge in [-0.05, 0) is 48.5 Å². The van der Waals surface area contributed by atoms with Crippen LogP contribution < -0.4 is 4.31 Å². The second-order valence-electron chi connectivity index (χ2n) is 4.46. The number of hydrogen-bond acceptors (Lipinski definition) is 4. The molecule has 5 nitrogen and oxygen atoms in total. The fraction of sp³-hybridized carbons (Fsp3) is 0.133. The summed E-state index contributed by atoms with van der Waals surface area (Å²) in [5, 5.41) is 0. The van der Waals surface area contributed by atoms with E-state index in [0.717, 1.165) is 8.78 Å². The Balaban J connectivity index is 2.32. The van der Waals surface area contributed by atoms with Crippen molar-refractivity contribution in [2.45, 2.75) is 4.90 Å². The number of carbonyl (C=O) groups excluding carboxylic acids is 1. The number of sulfonamides is 1. The second kappa shape index (κ2) is 6.50. The van der Waals surface area contributed by atoms with Crippen LogP contribution in [0.5, 0.6) is 0 Å². The number of esters is 1. The van der Waals surface area contributed by atoms with E-state index in [1.807, 2.05) is 0 Å². The molecular weight excluding hydrogens is 370 g/mol. The van der Waals surface area contributed by atoms with Gasteiger partial charge in [-0.25, -0.2) is 13.2 Å². The van der Waals surface area contributed by atoms with E-state index in [2.05, 4.69) is 20.7 Å². The van der Waals surface area contributed by atoms with Gasteiger partial charge < -0.3 is 4.74 Å². The van der Waals surface area contributed by atoms with Crippen molar-refractivity contribution in [2.75, 3.05) is 18.5 Å². The molecule has 0 saturated carbocycles. The first-order valence-corrected chi connectivity index (χ1v) is 8.52. The van der Waals surface area contributed by atoms with Crippen LogP contribution >= 0.6 is 15.9 Å². The van der Waals surface area contributed by atoms with Crippen molar-refractivity contribution in [3.05, 3.63) is 58.6 Å². The number of benzene rings is 2. The van der Waals surface area contributed by atoms with Gasteiger partial charge in [0.25, 0.3) is 10.0 Å². The second-order valence-corrected chi connectivity index (χ2v) is 7.35. The quantitative estimate of drug-likeness (QED) is 0.761. The molecule has 0 aromatic heterocycles. The molecule has 116 valence electrons. The van der Waals surface area contributed by atoms with E-state index in [1.54, 1.807) is 24.3 Å². The van der Waals surface area contributed by atoms with Crippen molar-refractivity contribution >= 4 is 37.6 Å². The third kappa shape index (κ3) is 3.31. The van der Waals surface area contributed by atoms with E-state index >= 15 is 0 Å². The summed E-state index contributed by atoms with van der Waals surface area (Å²) in [7, 11) is -0.896. The number of methoxy groups -OCH3 is 1. The van der Waals surface area contributed by atoms with Crippen LogP contribution in [0.4, 0.5) is 5.69 Å². The molecule has 0 aliphatic heterocycles. The molecule has 2 aromatic carbocycles. The molecule has 0 unspecified atom stereocenters. The molecule has 7 heteroatoms. The third-order valence-corrected chi connectivity index (χ3v) is 5.45. The van der Waals surface area contributed by atoms with Crippen LogP contribution in [0.15, 0.2) is 57.9 Å². The highest BCUT2D eigenvalue weighted by molar-refractivity contribution is 9.10. The summed E-state index contributed by atoms with van der Waals surface area (Å²) in [6.45, 7) is 0. The van der Waals surface area contributed by atoms with E-state index in [1.165, 1.54) is 38.4 Å². The highest BCUT2D eigenvalue weighted by atomic mass is 79.9. The summed E-state index contributed by atoms with van der Waals surface area (Å²) in [6, 6.07) is 12.6. The molecule has 0 amide bonds. The monoisotopic (exact) mass is 383 g/mol. The number of anilines is 1. The Morgan fingerprint density at radius 3 is 2.09 bits per heavy atom. The van der Waals surface area contributed by atoms with Gasteiger partial charge in [-0.15, -0.1) is 0 Å². The average molecular weight is 384 g/mol. The maximum Gasteiger partial charge on any atom is 0.337 e. The minimum Gasteiger partial charge on any atom is -0.465 e. The molecule has 22 heavy (non-hydrogen) atoms. The Hall–Kier alpha value is -1.86. The molecular formula is C15H14BrNO4S. The van der Waals surface area contributed by atoms with Gasteiger partial charge in [-0.3, -0.25) is 4.31 Å². The van der Waals surface area contributed by atoms with Gasteiger partial charge in [0, 0.05) is 11.5 Å². The van der Waals surface area contributed by atoms with Crippen LogP contribution in [0.2, 0.25) is 0 Å². The zero-order valence-electron chi connectivity index (χ0n) is 12.0. The lowest BCUT2D eigenvalue weighted by Crippen LogP contribution is -2.26. The largest absolute Gasteiger partial charge is 0.465 e. The van der Waals surface area contributed by atoms with Gasteiger partial charge in [-0.2, -0.15) is 0 Å². The summed E-state index contributed by atoms with van der Waals surface area (Å²) in [6.07, 6.45) is 0. The standard InChI is InChI=1S/C15H14BrNO4S/c1-17(13-7-3-11(4-8-13)15(18)21-2)22(19,20)14-9-5-12(16)6-10-14/h3-10H,1-2H3. The van der Waals surface area contributed by atoms with Crippen molar-refractivity contribution in [1.29, 1.82) is 0 Å². The molecule has 0 fully saturated rings. The number of nitrogens with zero attached hydrogens (tertiary/aromatic N) is 1. The summed E-state index contributed by atoms with van der Waals surface area (Å²) < 4.78 is 31.7. The lowest BCUT2D eigenvalue weighted by molar-refractivity contribution is 0.0601. The van der Waals surface area contributed by atoms with Gasteiger partial charge in [0.05, 0.1) is 23.3 Å². The minimum atomic E-state index is -3.65. The number of rotatable bonds is 4. The highest BCUT2D eigenvalue weighted by Crippen LogP contribution is 2.23. The molecule has 0 aliphatic rings. The lowest BCUT2D eigenvalue weighted by atomic mass is 10.2. The van der Waals surface area contributed by atoms with Gasteiger partial charge in [0.2, 0.25) is 0 Å². The van der Waals surface area contributed by atoms with E-state index in [9.17, 15) is 13.2 Å². The maximum absolute atomic E-state index is 12.5. The Morgan fingerprint density at radius 2 is 1.59 bits per heavy atom. The molecule has 0 radical (unpaired) electrons. The predicted octanol–water partition coefficient (Wildman–Crippen LogP) is 3.06. The maximum atomic E-state index is 12.5. The molecule has 2 rings (SSSR count). The lowest BCUT2D eigenvalue weighted by Gasteiger charge is -2.19. The number of carbonyl (C=O) groups is 1. The average Bonchev–Trinajstić information content (AvgIpc) is 2.54.